The van der Waals surface area contributed by atoms with Gasteiger partial charge in [-0.05, 0) is 41.4 Å². The second-order valence-corrected chi connectivity index (χ2v) is 9.65. The fourth-order valence-corrected chi connectivity index (χ4v) is 3.59. The van der Waals surface area contributed by atoms with Gasteiger partial charge in [0.05, 0.1) is 12.9 Å². The predicted octanol–water partition coefficient (Wildman–Crippen LogP) is 3.10. The Morgan fingerprint density at radius 2 is 2.06 bits per heavy atom. The molecule has 0 saturated heterocycles. The largest absolute Gasteiger partial charge is 0.392 e. The number of anilines is 1. The van der Waals surface area contributed by atoms with Crippen LogP contribution in [-0.2, 0) is 26.0 Å². The highest BCUT2D eigenvalue weighted by molar-refractivity contribution is 5.98. The van der Waals surface area contributed by atoms with E-state index < -0.39 is 0 Å². The number of nitrogens with one attached hydrogen (secondary N) is 2. The number of imidazole rings is 1. The van der Waals surface area contributed by atoms with Crippen molar-refractivity contribution in [2.75, 3.05) is 18.4 Å². The first-order chi connectivity index (χ1) is 16.8. The molecular formula is C26H33N7O2. The fraction of sp³-hybridized carbons (Fsp3) is 0.423. The summed E-state index contributed by atoms with van der Waals surface area (Å²) < 4.78 is 2.04. The average molecular weight is 476 g/mol. The zero-order valence-corrected chi connectivity index (χ0v) is 20.6. The van der Waals surface area contributed by atoms with Crippen LogP contribution in [0.1, 0.15) is 60.1 Å². The lowest BCUT2D eigenvalue weighted by molar-refractivity contribution is 0.0954. The number of hydrogen-bond acceptors (Lipinski definition) is 7. The summed E-state index contributed by atoms with van der Waals surface area (Å²) >= 11 is 0. The number of aliphatic hydroxyl groups is 1. The number of amides is 1. The van der Waals surface area contributed by atoms with Gasteiger partial charge in [0.25, 0.3) is 5.91 Å². The molecule has 0 aliphatic carbocycles. The lowest BCUT2D eigenvalue weighted by Crippen LogP contribution is -2.28. The van der Waals surface area contributed by atoms with Gasteiger partial charge in [-0.2, -0.15) is 5.26 Å². The molecular weight excluding hydrogens is 442 g/mol. The molecule has 35 heavy (non-hydrogen) atoms. The molecule has 1 amide bonds. The minimum Gasteiger partial charge on any atom is -0.392 e. The summed E-state index contributed by atoms with van der Waals surface area (Å²) in [5, 5.41) is 24.9. The van der Waals surface area contributed by atoms with Gasteiger partial charge in [-0.1, -0.05) is 39.0 Å². The molecule has 3 N–H and O–H groups in total. The van der Waals surface area contributed by atoms with Gasteiger partial charge in [-0.3, -0.25) is 4.79 Å². The molecule has 3 rings (SSSR count). The monoisotopic (exact) mass is 475 g/mol. The van der Waals surface area contributed by atoms with Crippen molar-refractivity contribution < 1.29 is 9.90 Å². The summed E-state index contributed by atoms with van der Waals surface area (Å²) in [5.41, 5.74) is 3.41. The van der Waals surface area contributed by atoms with Crippen LogP contribution in [-0.4, -0.2) is 43.6 Å². The Kier molecular flexibility index (Phi) is 8.92. The predicted molar refractivity (Wildman–Crippen MR) is 134 cm³/mol. The van der Waals surface area contributed by atoms with Crippen molar-refractivity contribution in [2.24, 2.45) is 5.41 Å². The lowest BCUT2D eigenvalue weighted by atomic mass is 9.97. The number of carbonyl (C=O) groups excluding carboxylic acids is 1. The highest BCUT2D eigenvalue weighted by atomic mass is 16.3. The molecule has 0 unspecified atom stereocenters. The lowest BCUT2D eigenvalue weighted by Gasteiger charge is -2.20. The number of nitrogens with zero attached hydrogens (tertiary/aromatic N) is 5. The molecule has 0 saturated carbocycles. The van der Waals surface area contributed by atoms with Crippen LogP contribution in [0.15, 0.2) is 43.1 Å². The van der Waals surface area contributed by atoms with Crippen LogP contribution in [0.5, 0.6) is 0 Å². The SMILES string of the molecule is CC(C)(C)CNc1nc(C#N)ncc1C(=O)NCCc1ccc(CO)c(CCCn2ccnc2)c1. The molecule has 0 aliphatic heterocycles. The molecule has 9 heteroatoms. The minimum absolute atomic E-state index is 0.000456. The third kappa shape index (κ3) is 7.90. The van der Waals surface area contributed by atoms with Gasteiger partial charge in [-0.25, -0.2) is 15.0 Å². The van der Waals surface area contributed by atoms with E-state index in [2.05, 4.69) is 52.4 Å². The van der Waals surface area contributed by atoms with Crippen LogP contribution >= 0.6 is 0 Å². The second kappa shape index (κ2) is 12.1. The molecule has 2 heterocycles. The summed E-state index contributed by atoms with van der Waals surface area (Å²) in [7, 11) is 0. The van der Waals surface area contributed by atoms with Crippen molar-refractivity contribution in [3.8, 4) is 6.07 Å². The van der Waals surface area contributed by atoms with E-state index in [4.69, 9.17) is 5.26 Å². The maximum atomic E-state index is 12.8. The molecule has 1 aromatic carbocycles. The van der Waals surface area contributed by atoms with Gasteiger partial charge in [0.2, 0.25) is 5.82 Å². The first-order valence-corrected chi connectivity index (χ1v) is 11.8. The number of benzene rings is 1. The van der Waals surface area contributed by atoms with Crippen molar-refractivity contribution in [2.45, 2.75) is 53.2 Å². The first-order valence-electron chi connectivity index (χ1n) is 11.8. The Bertz CT molecular complexity index is 1160. The molecule has 0 aliphatic rings. The Morgan fingerprint density at radius 3 is 2.74 bits per heavy atom. The minimum atomic E-state index is -0.293. The van der Waals surface area contributed by atoms with E-state index in [0.29, 0.717) is 30.9 Å². The number of aryl methyl sites for hydroxylation is 2. The quantitative estimate of drug-likeness (QED) is 0.389. The van der Waals surface area contributed by atoms with Crippen molar-refractivity contribution in [1.82, 2.24) is 24.8 Å². The number of nitriles is 1. The van der Waals surface area contributed by atoms with Crippen molar-refractivity contribution in [1.29, 1.82) is 5.26 Å². The van der Waals surface area contributed by atoms with Crippen LogP contribution in [0.2, 0.25) is 0 Å². The molecule has 3 aromatic rings. The van der Waals surface area contributed by atoms with Gasteiger partial charge >= 0.3 is 0 Å². The Labute approximate surface area is 206 Å². The molecule has 184 valence electrons. The van der Waals surface area contributed by atoms with Gasteiger partial charge in [0, 0.05) is 38.2 Å². The van der Waals surface area contributed by atoms with E-state index in [9.17, 15) is 9.90 Å². The topological polar surface area (TPSA) is 129 Å². The summed E-state index contributed by atoms with van der Waals surface area (Å²) in [5.74, 6) is 0.0809. The zero-order valence-electron chi connectivity index (χ0n) is 20.6. The molecule has 0 spiro atoms. The maximum absolute atomic E-state index is 12.8. The van der Waals surface area contributed by atoms with E-state index in [0.717, 1.165) is 36.1 Å². The van der Waals surface area contributed by atoms with E-state index in [1.807, 2.05) is 29.0 Å². The molecule has 0 radical (unpaired) electrons. The summed E-state index contributed by atoms with van der Waals surface area (Å²) in [6.45, 7) is 8.10. The third-order valence-corrected chi connectivity index (χ3v) is 5.48. The Hall–Kier alpha value is -3.77. The fourth-order valence-electron chi connectivity index (χ4n) is 3.59. The second-order valence-electron chi connectivity index (χ2n) is 9.65. The molecule has 0 bridgehead atoms. The smallest absolute Gasteiger partial charge is 0.256 e. The van der Waals surface area contributed by atoms with E-state index in [-0.39, 0.29) is 23.8 Å². The van der Waals surface area contributed by atoms with Crippen LogP contribution in [0, 0.1) is 16.7 Å². The van der Waals surface area contributed by atoms with Crippen molar-refractivity contribution >= 4 is 11.7 Å². The summed E-state index contributed by atoms with van der Waals surface area (Å²) in [6, 6.07) is 7.96. The molecule has 9 nitrogen and oxygen atoms in total. The molecule has 0 fully saturated rings. The number of aromatic nitrogens is 4. The highest BCUT2D eigenvalue weighted by Gasteiger charge is 2.17. The van der Waals surface area contributed by atoms with E-state index in [1.54, 1.807) is 12.5 Å². The van der Waals surface area contributed by atoms with Crippen LogP contribution < -0.4 is 10.6 Å². The number of aliphatic hydroxyl groups excluding tert-OH is 1. The van der Waals surface area contributed by atoms with Gasteiger partial charge < -0.3 is 20.3 Å². The van der Waals surface area contributed by atoms with Crippen LogP contribution in [0.3, 0.4) is 0 Å². The number of carbonyl (C=O) groups is 1. The number of rotatable bonds is 11. The number of hydrogen-bond donors (Lipinski definition) is 3. The van der Waals surface area contributed by atoms with Crippen molar-refractivity contribution in [3.63, 3.8) is 0 Å². The maximum Gasteiger partial charge on any atom is 0.256 e. The highest BCUT2D eigenvalue weighted by Crippen LogP contribution is 2.18. The standard InChI is InChI=1S/C26H33N7O2/c1-26(2,3)17-31-24-22(15-30-23(14-27)32-24)25(35)29-9-8-19-6-7-21(16-34)20(13-19)5-4-11-33-12-10-28-18-33/h6-7,10,12-13,15,18,34H,4-5,8-9,11,16-17H2,1-3H3,(H,29,35)(H,30,31,32). The normalized spacial score (nSPS) is 11.2. The van der Waals surface area contributed by atoms with Gasteiger partial charge in [0.1, 0.15) is 17.5 Å². The third-order valence-electron chi connectivity index (χ3n) is 5.48. The van der Waals surface area contributed by atoms with Crippen molar-refractivity contribution in [3.05, 3.63) is 71.2 Å². The van der Waals surface area contributed by atoms with Gasteiger partial charge in [-0.15, -0.1) is 0 Å². The van der Waals surface area contributed by atoms with E-state index >= 15 is 0 Å². The zero-order chi connectivity index (χ0) is 25.3. The summed E-state index contributed by atoms with van der Waals surface area (Å²) in [4.78, 5) is 25.1. The molecule has 0 atom stereocenters. The first kappa shape index (κ1) is 25.8. The summed E-state index contributed by atoms with van der Waals surface area (Å²) in [6.07, 6.45) is 9.33. The Balaban J connectivity index is 1.60. The van der Waals surface area contributed by atoms with E-state index in [1.165, 1.54) is 6.20 Å². The van der Waals surface area contributed by atoms with Crippen LogP contribution in [0.4, 0.5) is 5.82 Å². The molecule has 2 aromatic heterocycles. The van der Waals surface area contributed by atoms with Gasteiger partial charge in [0.15, 0.2) is 0 Å². The average Bonchev–Trinajstić information content (AvgIpc) is 3.36. The van der Waals surface area contributed by atoms with Crippen LogP contribution in [0.25, 0.3) is 0 Å². The Morgan fingerprint density at radius 1 is 1.23 bits per heavy atom.